The van der Waals surface area contributed by atoms with E-state index in [1.54, 1.807) is 0 Å². The molecule has 0 bridgehead atoms. The third-order valence-electron chi connectivity index (χ3n) is 2.92. The fourth-order valence-corrected chi connectivity index (χ4v) is 1.75. The molecular formula is C8H13ClN4. The molecule has 1 aromatic rings. The molecule has 4 nitrogen and oxygen atoms in total. The normalized spacial score (nSPS) is 18.9. The van der Waals surface area contributed by atoms with Gasteiger partial charge in [0.05, 0.1) is 12.4 Å². The van der Waals surface area contributed by atoms with Crippen molar-refractivity contribution < 1.29 is 0 Å². The molecule has 0 radical (unpaired) electrons. The van der Waals surface area contributed by atoms with Crippen LogP contribution in [0.4, 0.5) is 0 Å². The van der Waals surface area contributed by atoms with Gasteiger partial charge in [0.1, 0.15) is 0 Å². The summed E-state index contributed by atoms with van der Waals surface area (Å²) in [5.41, 5.74) is 0.468. The van der Waals surface area contributed by atoms with Gasteiger partial charge in [0.15, 0.2) is 5.82 Å². The molecule has 2 rings (SSSR count). The minimum absolute atomic E-state index is 0.396. The average Bonchev–Trinajstić information content (AvgIpc) is 2.78. The van der Waals surface area contributed by atoms with Crippen molar-refractivity contribution in [2.24, 2.45) is 5.41 Å². The van der Waals surface area contributed by atoms with Crippen LogP contribution in [0.5, 0.6) is 0 Å². The molecule has 5 heteroatoms. The van der Waals surface area contributed by atoms with Crippen LogP contribution in [-0.2, 0) is 12.4 Å². The van der Waals surface area contributed by atoms with Crippen LogP contribution < -0.4 is 0 Å². The Morgan fingerprint density at radius 3 is 2.85 bits per heavy atom. The fourth-order valence-electron chi connectivity index (χ4n) is 1.56. The van der Waals surface area contributed by atoms with Crippen LogP contribution in [0.15, 0.2) is 0 Å². The molecular weight excluding hydrogens is 188 g/mol. The molecule has 1 saturated carbocycles. The minimum Gasteiger partial charge on any atom is -0.228 e. The van der Waals surface area contributed by atoms with E-state index in [4.69, 9.17) is 11.6 Å². The van der Waals surface area contributed by atoms with Crippen molar-refractivity contribution in [1.82, 2.24) is 20.2 Å². The zero-order valence-corrected chi connectivity index (χ0v) is 8.46. The Kier molecular flexibility index (Phi) is 2.24. The molecule has 0 amide bonds. The predicted octanol–water partition coefficient (Wildman–Crippen LogP) is 1.60. The second-order valence-electron chi connectivity index (χ2n) is 3.74. The highest BCUT2D eigenvalue weighted by Gasteiger charge is 2.41. The Labute approximate surface area is 82.3 Å². The summed E-state index contributed by atoms with van der Waals surface area (Å²) < 4.78 is 1.84. The minimum atomic E-state index is 0.396. The quantitative estimate of drug-likeness (QED) is 0.694. The lowest BCUT2D eigenvalue weighted by Crippen LogP contribution is -2.14. The van der Waals surface area contributed by atoms with E-state index in [2.05, 4.69) is 22.4 Å². The Hall–Kier alpha value is -0.640. The molecule has 1 aliphatic rings. The molecule has 1 aliphatic carbocycles. The van der Waals surface area contributed by atoms with Crippen molar-refractivity contribution in [2.75, 3.05) is 0 Å². The summed E-state index contributed by atoms with van der Waals surface area (Å²) in [6, 6.07) is 0. The molecule has 0 unspecified atom stereocenters. The lowest BCUT2D eigenvalue weighted by atomic mass is 10.0. The number of alkyl halides is 1. The number of hydrogen-bond acceptors (Lipinski definition) is 3. The van der Waals surface area contributed by atoms with Gasteiger partial charge >= 0.3 is 0 Å². The van der Waals surface area contributed by atoms with E-state index in [1.165, 1.54) is 19.3 Å². The van der Waals surface area contributed by atoms with Gasteiger partial charge in [0.25, 0.3) is 0 Å². The summed E-state index contributed by atoms with van der Waals surface area (Å²) in [7, 11) is 0. The highest BCUT2D eigenvalue weighted by Crippen LogP contribution is 2.49. The first kappa shape index (κ1) is 8.94. The number of rotatable bonds is 4. The lowest BCUT2D eigenvalue weighted by Gasteiger charge is -2.11. The van der Waals surface area contributed by atoms with Crippen LogP contribution in [0.1, 0.15) is 32.0 Å². The molecule has 0 spiro atoms. The summed E-state index contributed by atoms with van der Waals surface area (Å²) in [5.74, 6) is 1.17. The monoisotopic (exact) mass is 200 g/mol. The second kappa shape index (κ2) is 3.25. The summed E-state index contributed by atoms with van der Waals surface area (Å²) in [5, 5.41) is 11.4. The van der Waals surface area contributed by atoms with E-state index >= 15 is 0 Å². The zero-order chi connectivity index (χ0) is 9.31. The topological polar surface area (TPSA) is 43.6 Å². The molecule has 0 aliphatic heterocycles. The average molecular weight is 201 g/mol. The Bertz CT molecular complexity index is 292. The number of hydrogen-bond donors (Lipinski definition) is 0. The first-order chi connectivity index (χ1) is 6.29. The number of tetrazole rings is 1. The number of aromatic nitrogens is 4. The van der Waals surface area contributed by atoms with Crippen molar-refractivity contribution in [2.45, 2.75) is 38.6 Å². The van der Waals surface area contributed by atoms with Gasteiger partial charge < -0.3 is 0 Å². The van der Waals surface area contributed by atoms with Crippen molar-refractivity contribution in [3.63, 3.8) is 0 Å². The van der Waals surface area contributed by atoms with Crippen LogP contribution in [0.3, 0.4) is 0 Å². The molecule has 1 fully saturated rings. The smallest absolute Gasteiger partial charge is 0.166 e. The maximum Gasteiger partial charge on any atom is 0.166 e. The largest absolute Gasteiger partial charge is 0.228 e. The third kappa shape index (κ3) is 1.68. The van der Waals surface area contributed by atoms with Gasteiger partial charge in [-0.25, -0.2) is 4.68 Å². The lowest BCUT2D eigenvalue weighted by molar-refractivity contribution is 0.374. The SMILES string of the molecule is CCC1(Cn2nnnc2CCl)CC1. The highest BCUT2D eigenvalue weighted by molar-refractivity contribution is 6.16. The van der Waals surface area contributed by atoms with Crippen LogP contribution in [0.25, 0.3) is 0 Å². The van der Waals surface area contributed by atoms with Crippen LogP contribution in [-0.4, -0.2) is 20.2 Å². The molecule has 1 heterocycles. The molecule has 13 heavy (non-hydrogen) atoms. The van der Waals surface area contributed by atoms with Crippen molar-refractivity contribution in [3.05, 3.63) is 5.82 Å². The predicted molar refractivity (Wildman–Crippen MR) is 49.3 cm³/mol. The van der Waals surface area contributed by atoms with E-state index in [0.29, 0.717) is 11.3 Å². The van der Waals surface area contributed by atoms with Crippen molar-refractivity contribution >= 4 is 11.6 Å². The van der Waals surface area contributed by atoms with E-state index in [-0.39, 0.29) is 0 Å². The third-order valence-corrected chi connectivity index (χ3v) is 3.16. The summed E-state index contributed by atoms with van der Waals surface area (Å²) in [6.07, 6.45) is 3.80. The summed E-state index contributed by atoms with van der Waals surface area (Å²) in [4.78, 5) is 0. The maximum atomic E-state index is 5.70. The number of halogens is 1. The Morgan fingerprint density at radius 1 is 1.54 bits per heavy atom. The standard InChI is InChI=1S/C8H13ClN4/c1-2-8(3-4-8)6-13-7(5-9)10-11-12-13/h2-6H2,1H3. The van der Waals surface area contributed by atoms with Crippen molar-refractivity contribution in [1.29, 1.82) is 0 Å². The van der Waals surface area contributed by atoms with Gasteiger partial charge in [-0.05, 0) is 35.1 Å². The van der Waals surface area contributed by atoms with Gasteiger partial charge in [-0.3, -0.25) is 0 Å². The van der Waals surface area contributed by atoms with Crippen molar-refractivity contribution in [3.8, 4) is 0 Å². The van der Waals surface area contributed by atoms with Crippen LogP contribution >= 0.6 is 11.6 Å². The Morgan fingerprint density at radius 2 is 2.31 bits per heavy atom. The van der Waals surface area contributed by atoms with Gasteiger partial charge in [-0.1, -0.05) is 6.92 Å². The first-order valence-electron chi connectivity index (χ1n) is 4.61. The summed E-state index contributed by atoms with van der Waals surface area (Å²) in [6.45, 7) is 3.15. The number of nitrogens with zero attached hydrogens (tertiary/aromatic N) is 4. The van der Waals surface area contributed by atoms with E-state index in [1.807, 2.05) is 4.68 Å². The highest BCUT2D eigenvalue weighted by atomic mass is 35.5. The van der Waals surface area contributed by atoms with Crippen LogP contribution in [0, 0.1) is 5.41 Å². The molecule has 1 aromatic heterocycles. The van der Waals surface area contributed by atoms with Gasteiger partial charge in [0, 0.05) is 0 Å². The maximum absolute atomic E-state index is 5.70. The second-order valence-corrected chi connectivity index (χ2v) is 4.01. The first-order valence-corrected chi connectivity index (χ1v) is 5.14. The molecule has 0 aromatic carbocycles. The van der Waals surface area contributed by atoms with Gasteiger partial charge in [-0.15, -0.1) is 16.7 Å². The van der Waals surface area contributed by atoms with Gasteiger partial charge in [0.2, 0.25) is 0 Å². The van der Waals surface area contributed by atoms with E-state index in [0.717, 1.165) is 12.4 Å². The van der Waals surface area contributed by atoms with E-state index in [9.17, 15) is 0 Å². The molecule has 0 atom stereocenters. The Balaban J connectivity index is 2.09. The summed E-state index contributed by atoms with van der Waals surface area (Å²) >= 11 is 5.70. The van der Waals surface area contributed by atoms with Crippen LogP contribution in [0.2, 0.25) is 0 Å². The van der Waals surface area contributed by atoms with E-state index < -0.39 is 0 Å². The zero-order valence-electron chi connectivity index (χ0n) is 7.70. The molecule has 0 N–H and O–H groups in total. The van der Waals surface area contributed by atoms with Gasteiger partial charge in [-0.2, -0.15) is 0 Å². The molecule has 72 valence electrons. The fraction of sp³-hybridized carbons (Fsp3) is 0.875. The molecule has 0 saturated heterocycles.